The molecular formula is C18H27N3O3S. The van der Waals surface area contributed by atoms with E-state index in [1.165, 1.54) is 0 Å². The Morgan fingerprint density at radius 2 is 1.88 bits per heavy atom. The van der Waals surface area contributed by atoms with Crippen molar-refractivity contribution >= 4 is 15.9 Å². The van der Waals surface area contributed by atoms with Gasteiger partial charge in [-0.1, -0.05) is 12.5 Å². The Kier molecular flexibility index (Phi) is 5.46. The number of nitrogens with zero attached hydrogens (tertiary/aromatic N) is 2. The number of carbonyl (C=O) groups is 1. The molecule has 1 atom stereocenters. The van der Waals surface area contributed by atoms with E-state index < -0.39 is 10.0 Å². The summed E-state index contributed by atoms with van der Waals surface area (Å²) in [5.41, 5.74) is 1.31. The zero-order valence-electron chi connectivity index (χ0n) is 15.0. The van der Waals surface area contributed by atoms with Gasteiger partial charge in [-0.25, -0.2) is 8.42 Å². The van der Waals surface area contributed by atoms with E-state index in [4.69, 9.17) is 0 Å². The Hall–Kier alpha value is -1.44. The van der Waals surface area contributed by atoms with Gasteiger partial charge < -0.3 is 10.2 Å². The molecule has 3 rings (SSSR count). The first-order valence-corrected chi connectivity index (χ1v) is 10.5. The molecule has 0 aromatic heterocycles. The predicted molar refractivity (Wildman–Crippen MR) is 97.2 cm³/mol. The maximum absolute atomic E-state index is 13.1. The van der Waals surface area contributed by atoms with Crippen LogP contribution in [0.2, 0.25) is 0 Å². The maximum Gasteiger partial charge on any atom is 0.254 e. The molecule has 0 bridgehead atoms. The van der Waals surface area contributed by atoms with Crippen molar-refractivity contribution in [2.24, 2.45) is 0 Å². The fourth-order valence-electron chi connectivity index (χ4n) is 3.59. The average Bonchev–Trinajstić information content (AvgIpc) is 2.62. The van der Waals surface area contributed by atoms with Gasteiger partial charge >= 0.3 is 0 Å². The molecule has 2 heterocycles. The number of piperazine rings is 1. The van der Waals surface area contributed by atoms with Crippen LogP contribution >= 0.6 is 0 Å². The molecule has 0 aliphatic carbocycles. The normalized spacial score (nSPS) is 22.8. The minimum absolute atomic E-state index is 0.00683. The third kappa shape index (κ3) is 3.73. The number of amides is 1. The average molecular weight is 365 g/mol. The first-order chi connectivity index (χ1) is 11.9. The minimum atomic E-state index is -3.56. The summed E-state index contributed by atoms with van der Waals surface area (Å²) in [6.45, 7) is 7.21. The summed E-state index contributed by atoms with van der Waals surface area (Å²) >= 11 is 0. The molecule has 2 saturated heterocycles. The fourth-order valence-corrected chi connectivity index (χ4v) is 5.32. The Bertz CT molecular complexity index is 742. The number of hydrogen-bond donors (Lipinski definition) is 1. The van der Waals surface area contributed by atoms with E-state index in [0.717, 1.165) is 37.9 Å². The van der Waals surface area contributed by atoms with Gasteiger partial charge in [0.1, 0.15) is 0 Å². The first kappa shape index (κ1) is 18.4. The Morgan fingerprint density at radius 1 is 1.16 bits per heavy atom. The van der Waals surface area contributed by atoms with Gasteiger partial charge in [0.2, 0.25) is 10.0 Å². The van der Waals surface area contributed by atoms with E-state index in [0.29, 0.717) is 25.2 Å². The van der Waals surface area contributed by atoms with E-state index in [1.54, 1.807) is 27.4 Å². The number of benzene rings is 1. The largest absolute Gasteiger partial charge is 0.336 e. The van der Waals surface area contributed by atoms with Crippen molar-refractivity contribution < 1.29 is 13.2 Å². The summed E-state index contributed by atoms with van der Waals surface area (Å²) in [5.74, 6) is -0.0808. The van der Waals surface area contributed by atoms with E-state index in [9.17, 15) is 13.2 Å². The standard InChI is InChI=1S/C18H27N3O3S/c1-14-6-7-16(25(23,24)21-10-4-3-5-15(21)2)13-17(14)18(22)20-11-8-19-9-12-20/h6-7,13,15,19H,3-5,8-12H2,1-2H3. The van der Waals surface area contributed by atoms with E-state index in [-0.39, 0.29) is 16.8 Å². The molecule has 6 nitrogen and oxygen atoms in total. The number of piperidine rings is 1. The quantitative estimate of drug-likeness (QED) is 0.883. The molecule has 2 aliphatic heterocycles. The molecule has 0 radical (unpaired) electrons. The van der Waals surface area contributed by atoms with Crippen LogP contribution in [0.4, 0.5) is 0 Å². The third-order valence-corrected chi connectivity index (χ3v) is 7.20. The van der Waals surface area contributed by atoms with Gasteiger partial charge in [-0.15, -0.1) is 0 Å². The molecule has 25 heavy (non-hydrogen) atoms. The smallest absolute Gasteiger partial charge is 0.254 e. The zero-order chi connectivity index (χ0) is 18.0. The highest BCUT2D eigenvalue weighted by atomic mass is 32.2. The van der Waals surface area contributed by atoms with Crippen LogP contribution in [0.5, 0.6) is 0 Å². The minimum Gasteiger partial charge on any atom is -0.336 e. The number of aryl methyl sites for hydroxylation is 1. The van der Waals surface area contributed by atoms with Crippen LogP contribution < -0.4 is 5.32 Å². The van der Waals surface area contributed by atoms with Crippen molar-refractivity contribution in [1.29, 1.82) is 0 Å². The Labute approximate surface area is 150 Å². The van der Waals surface area contributed by atoms with Crippen LogP contribution in [0.1, 0.15) is 42.1 Å². The molecule has 1 aromatic rings. The van der Waals surface area contributed by atoms with E-state index in [1.807, 2.05) is 13.8 Å². The number of sulfonamides is 1. The van der Waals surface area contributed by atoms with Gasteiger partial charge in [0.15, 0.2) is 0 Å². The van der Waals surface area contributed by atoms with Gasteiger partial charge in [-0.05, 0) is 44.4 Å². The van der Waals surface area contributed by atoms with Crippen LogP contribution in [0.3, 0.4) is 0 Å². The lowest BCUT2D eigenvalue weighted by Gasteiger charge is -2.32. The molecule has 7 heteroatoms. The monoisotopic (exact) mass is 365 g/mol. The molecule has 0 saturated carbocycles. The van der Waals surface area contributed by atoms with Crippen LogP contribution in [0.25, 0.3) is 0 Å². The summed E-state index contributed by atoms with van der Waals surface area (Å²) in [7, 11) is -3.56. The maximum atomic E-state index is 13.1. The number of carbonyl (C=O) groups excluding carboxylic acids is 1. The lowest BCUT2D eigenvalue weighted by Crippen LogP contribution is -2.46. The first-order valence-electron chi connectivity index (χ1n) is 9.04. The Morgan fingerprint density at radius 3 is 2.56 bits per heavy atom. The van der Waals surface area contributed by atoms with Crippen molar-refractivity contribution in [3.05, 3.63) is 29.3 Å². The molecular weight excluding hydrogens is 338 g/mol. The molecule has 0 spiro atoms. The number of hydrogen-bond acceptors (Lipinski definition) is 4. The summed E-state index contributed by atoms with van der Waals surface area (Å²) < 4.78 is 27.7. The Balaban J connectivity index is 1.91. The van der Waals surface area contributed by atoms with Gasteiger partial charge in [0.05, 0.1) is 4.90 Å². The van der Waals surface area contributed by atoms with Crippen molar-refractivity contribution in [3.8, 4) is 0 Å². The number of rotatable bonds is 3. The topological polar surface area (TPSA) is 69.7 Å². The van der Waals surface area contributed by atoms with Gasteiger partial charge in [-0.2, -0.15) is 4.31 Å². The zero-order valence-corrected chi connectivity index (χ0v) is 15.8. The van der Waals surface area contributed by atoms with Gasteiger partial charge in [-0.3, -0.25) is 4.79 Å². The number of nitrogens with one attached hydrogen (secondary N) is 1. The fraction of sp³-hybridized carbons (Fsp3) is 0.611. The molecule has 1 amide bonds. The lowest BCUT2D eigenvalue weighted by atomic mass is 10.1. The van der Waals surface area contributed by atoms with Crippen molar-refractivity contribution in [2.75, 3.05) is 32.7 Å². The highest BCUT2D eigenvalue weighted by Crippen LogP contribution is 2.26. The van der Waals surface area contributed by atoms with Crippen LogP contribution in [0.15, 0.2) is 23.1 Å². The third-order valence-electron chi connectivity index (χ3n) is 5.19. The molecule has 1 N–H and O–H groups in total. The summed E-state index contributed by atoms with van der Waals surface area (Å²) in [4.78, 5) is 14.8. The van der Waals surface area contributed by atoms with Crippen molar-refractivity contribution in [2.45, 2.75) is 44.0 Å². The van der Waals surface area contributed by atoms with Crippen molar-refractivity contribution in [1.82, 2.24) is 14.5 Å². The van der Waals surface area contributed by atoms with Gasteiger partial charge in [0, 0.05) is 44.3 Å². The summed E-state index contributed by atoms with van der Waals surface area (Å²) in [6, 6.07) is 4.95. The molecule has 2 aliphatic rings. The highest BCUT2D eigenvalue weighted by Gasteiger charge is 2.32. The SMILES string of the molecule is Cc1ccc(S(=O)(=O)N2CCCCC2C)cc1C(=O)N1CCNCC1. The van der Waals surface area contributed by atoms with Crippen LogP contribution in [0, 0.1) is 6.92 Å². The van der Waals surface area contributed by atoms with Crippen molar-refractivity contribution in [3.63, 3.8) is 0 Å². The van der Waals surface area contributed by atoms with E-state index >= 15 is 0 Å². The molecule has 138 valence electrons. The lowest BCUT2D eigenvalue weighted by molar-refractivity contribution is 0.0735. The second-order valence-corrected chi connectivity index (χ2v) is 8.87. The van der Waals surface area contributed by atoms with Gasteiger partial charge in [0.25, 0.3) is 5.91 Å². The second kappa shape index (κ2) is 7.43. The predicted octanol–water partition coefficient (Wildman–Crippen LogP) is 1.60. The van der Waals surface area contributed by atoms with Crippen LogP contribution in [-0.2, 0) is 10.0 Å². The summed E-state index contributed by atoms with van der Waals surface area (Å²) in [6.07, 6.45) is 2.84. The van der Waals surface area contributed by atoms with E-state index in [2.05, 4.69) is 5.32 Å². The second-order valence-electron chi connectivity index (χ2n) is 6.98. The summed E-state index contributed by atoms with van der Waals surface area (Å²) in [5, 5.41) is 3.22. The molecule has 2 fully saturated rings. The highest BCUT2D eigenvalue weighted by molar-refractivity contribution is 7.89. The molecule has 1 unspecified atom stereocenters. The van der Waals surface area contributed by atoms with Crippen LogP contribution in [-0.4, -0.2) is 62.3 Å². The molecule has 1 aromatic carbocycles.